The smallest absolute Gasteiger partial charge is 0.118 e. The van der Waals surface area contributed by atoms with Crippen LogP contribution in [0.15, 0.2) is 24.3 Å². The van der Waals surface area contributed by atoms with Crippen molar-refractivity contribution in [1.82, 2.24) is 0 Å². The fraction of sp³-hybridized carbons (Fsp3) is 0.222. The van der Waals surface area contributed by atoms with Gasteiger partial charge in [0, 0.05) is 0 Å². The number of benzene rings is 1. The average Bonchev–Trinajstić information content (AvgIpc) is 2.07. The number of aromatic hydroxyl groups is 1. The maximum atomic E-state index is 9.11. The molecule has 2 nitrogen and oxygen atoms in total. The monoisotopic (exact) mass is 181 g/mol. The molecule has 1 aromatic rings. The van der Waals surface area contributed by atoms with E-state index in [0.29, 0.717) is 5.75 Å². The molecule has 0 saturated carbocycles. The van der Waals surface area contributed by atoms with Crippen molar-refractivity contribution in [2.24, 2.45) is 0 Å². The number of nitrogens with one attached hydrogen (secondary N) is 1. The summed E-state index contributed by atoms with van der Waals surface area (Å²) >= 11 is 3.81. The van der Waals surface area contributed by atoms with Gasteiger partial charge in [-0.1, -0.05) is 25.1 Å². The lowest BCUT2D eigenvalue weighted by molar-refractivity contribution is 0.469. The summed E-state index contributed by atoms with van der Waals surface area (Å²) in [7, 11) is 0. The fourth-order valence-corrected chi connectivity index (χ4v) is 0.810. The molecule has 64 valence electrons. The summed E-state index contributed by atoms with van der Waals surface area (Å²) in [6, 6.07) is 7.39. The Kier molecular flexibility index (Phi) is 5.88. The van der Waals surface area contributed by atoms with Crippen LogP contribution in [-0.4, -0.2) is 10.3 Å². The second-order valence-electron chi connectivity index (χ2n) is 2.08. The van der Waals surface area contributed by atoms with E-state index in [1.165, 1.54) is 0 Å². The molecule has 3 heteroatoms. The topological polar surface area (TPSA) is 44.1 Å². The Hall–Kier alpha value is -1.18. The van der Waals surface area contributed by atoms with Gasteiger partial charge in [-0.25, -0.2) is 5.41 Å². The van der Waals surface area contributed by atoms with Gasteiger partial charge in [0.25, 0.3) is 0 Å². The number of aryl methyl sites for hydroxylation is 1. The summed E-state index contributed by atoms with van der Waals surface area (Å²) in [6.07, 6.45) is 0.896. The Balaban J connectivity index is 0.000000354. The highest BCUT2D eigenvalue weighted by Gasteiger charge is 1.92. The summed E-state index contributed by atoms with van der Waals surface area (Å²) in [6.45, 7) is 2.02. The summed E-state index contributed by atoms with van der Waals surface area (Å²) in [5.41, 5.74) is 1.01. The molecule has 0 bridgehead atoms. The number of para-hydroxylation sites is 1. The predicted octanol–water partition coefficient (Wildman–Crippen LogP) is 2.62. The van der Waals surface area contributed by atoms with E-state index in [1.54, 1.807) is 11.2 Å². The van der Waals surface area contributed by atoms with Crippen LogP contribution in [0.4, 0.5) is 0 Å². The van der Waals surface area contributed by atoms with Crippen molar-refractivity contribution in [3.8, 4) is 5.75 Å². The zero-order valence-electron chi connectivity index (χ0n) is 6.87. The minimum absolute atomic E-state index is 0.403. The molecule has 0 aromatic heterocycles. The number of thiocarbonyl (C=S) groups is 1. The van der Waals surface area contributed by atoms with Crippen molar-refractivity contribution in [3.05, 3.63) is 29.8 Å². The molecular weight excluding hydrogens is 170 g/mol. The number of phenolic OH excluding ortho intramolecular Hbond substituents is 1. The van der Waals surface area contributed by atoms with Crippen molar-refractivity contribution in [3.63, 3.8) is 0 Å². The Morgan fingerprint density at radius 1 is 1.50 bits per heavy atom. The third kappa shape index (κ3) is 3.86. The van der Waals surface area contributed by atoms with Crippen molar-refractivity contribution < 1.29 is 5.11 Å². The first kappa shape index (κ1) is 10.8. The summed E-state index contributed by atoms with van der Waals surface area (Å²) in [4.78, 5) is 0. The molecule has 1 rings (SSSR count). The van der Waals surface area contributed by atoms with Gasteiger partial charge in [0.2, 0.25) is 0 Å². The highest BCUT2D eigenvalue weighted by atomic mass is 32.1. The van der Waals surface area contributed by atoms with Crippen LogP contribution in [0.5, 0.6) is 5.75 Å². The molecule has 2 N–H and O–H groups in total. The maximum Gasteiger partial charge on any atom is 0.118 e. The molecule has 0 aliphatic rings. The highest BCUT2D eigenvalue weighted by Crippen LogP contribution is 2.14. The lowest BCUT2D eigenvalue weighted by Crippen LogP contribution is -1.77. The van der Waals surface area contributed by atoms with E-state index < -0.39 is 0 Å². The molecule has 0 atom stereocenters. The zero-order chi connectivity index (χ0) is 9.40. The third-order valence-corrected chi connectivity index (χ3v) is 1.37. The first-order valence-electron chi connectivity index (χ1n) is 3.57. The number of isothiocyanates is 1. The second-order valence-corrected chi connectivity index (χ2v) is 2.29. The molecule has 0 heterocycles. The molecule has 0 amide bonds. The lowest BCUT2D eigenvalue weighted by atomic mass is 10.1. The van der Waals surface area contributed by atoms with Crippen LogP contribution in [0.25, 0.3) is 0 Å². The minimum Gasteiger partial charge on any atom is -0.508 e. The van der Waals surface area contributed by atoms with Gasteiger partial charge >= 0.3 is 0 Å². The minimum atomic E-state index is 0.403. The molecule has 0 spiro atoms. The second kappa shape index (κ2) is 6.53. The molecule has 0 radical (unpaired) electrons. The highest BCUT2D eigenvalue weighted by molar-refractivity contribution is 7.78. The van der Waals surface area contributed by atoms with Gasteiger partial charge in [0.1, 0.15) is 5.75 Å². The van der Waals surface area contributed by atoms with Crippen LogP contribution in [0.1, 0.15) is 12.5 Å². The van der Waals surface area contributed by atoms with Crippen LogP contribution in [0.2, 0.25) is 0 Å². The van der Waals surface area contributed by atoms with E-state index in [9.17, 15) is 0 Å². The van der Waals surface area contributed by atoms with Gasteiger partial charge in [-0.15, -0.1) is 0 Å². The van der Waals surface area contributed by atoms with Crippen LogP contribution in [0, 0.1) is 5.41 Å². The van der Waals surface area contributed by atoms with Crippen molar-refractivity contribution in [2.75, 3.05) is 0 Å². The van der Waals surface area contributed by atoms with E-state index in [2.05, 4.69) is 12.2 Å². The molecule has 0 aliphatic carbocycles. The first-order chi connectivity index (χ1) is 5.76. The molecule has 0 saturated heterocycles. The number of hydrogen-bond donors (Lipinski definition) is 2. The average molecular weight is 181 g/mol. The van der Waals surface area contributed by atoms with Crippen LogP contribution >= 0.6 is 12.2 Å². The van der Waals surface area contributed by atoms with E-state index in [0.717, 1.165) is 12.0 Å². The Morgan fingerprint density at radius 3 is 2.33 bits per heavy atom. The van der Waals surface area contributed by atoms with Gasteiger partial charge in [0.15, 0.2) is 0 Å². The SMILES string of the molecule is CCc1ccccc1O.N=C=S. The lowest BCUT2D eigenvalue weighted by Gasteiger charge is -1.97. The van der Waals surface area contributed by atoms with E-state index >= 15 is 0 Å². The largest absolute Gasteiger partial charge is 0.508 e. The van der Waals surface area contributed by atoms with Gasteiger partial charge in [0.05, 0.1) is 5.16 Å². The quantitative estimate of drug-likeness (QED) is 0.516. The molecule has 12 heavy (non-hydrogen) atoms. The van der Waals surface area contributed by atoms with Gasteiger partial charge in [-0.05, 0) is 30.3 Å². The van der Waals surface area contributed by atoms with E-state index in [4.69, 9.17) is 10.5 Å². The number of hydrogen-bond acceptors (Lipinski definition) is 3. The molecular formula is C9H11NOS. The van der Waals surface area contributed by atoms with Crippen molar-refractivity contribution in [2.45, 2.75) is 13.3 Å². The number of rotatable bonds is 1. The maximum absolute atomic E-state index is 9.11. The Bertz CT molecular complexity index is 267. The van der Waals surface area contributed by atoms with Gasteiger partial charge < -0.3 is 5.11 Å². The van der Waals surface area contributed by atoms with Crippen molar-refractivity contribution >= 4 is 17.4 Å². The molecule has 1 aromatic carbocycles. The fourth-order valence-electron chi connectivity index (χ4n) is 0.810. The van der Waals surface area contributed by atoms with Gasteiger partial charge in [-0.3, -0.25) is 0 Å². The predicted molar refractivity (Wildman–Crippen MR) is 52.8 cm³/mol. The molecule has 0 fully saturated rings. The van der Waals surface area contributed by atoms with Crippen LogP contribution < -0.4 is 0 Å². The Labute approximate surface area is 77.4 Å². The zero-order valence-corrected chi connectivity index (χ0v) is 7.69. The van der Waals surface area contributed by atoms with E-state index in [-0.39, 0.29) is 0 Å². The van der Waals surface area contributed by atoms with Crippen molar-refractivity contribution in [1.29, 1.82) is 5.41 Å². The summed E-state index contributed by atoms with van der Waals surface area (Å²) < 4.78 is 0. The number of phenols is 1. The Morgan fingerprint density at radius 2 is 2.00 bits per heavy atom. The van der Waals surface area contributed by atoms with Crippen LogP contribution in [-0.2, 0) is 6.42 Å². The summed E-state index contributed by atoms with van der Waals surface area (Å²) in [5.74, 6) is 0.403. The van der Waals surface area contributed by atoms with Crippen LogP contribution in [0.3, 0.4) is 0 Å². The molecule has 0 unspecified atom stereocenters. The summed E-state index contributed by atoms with van der Waals surface area (Å²) in [5, 5.41) is 16.5. The van der Waals surface area contributed by atoms with E-state index in [1.807, 2.05) is 25.1 Å². The first-order valence-corrected chi connectivity index (χ1v) is 3.97. The molecule has 0 aliphatic heterocycles. The standard InChI is InChI=1S/C8H10O.CHNS/c1-2-7-5-3-4-6-8(7)9;2-1-3/h3-6,9H,2H2,1H3;2H. The van der Waals surface area contributed by atoms with Gasteiger partial charge in [-0.2, -0.15) is 0 Å². The third-order valence-electron chi connectivity index (χ3n) is 1.37. The normalized spacial score (nSPS) is 7.75.